The van der Waals surface area contributed by atoms with Gasteiger partial charge in [0.2, 0.25) is 0 Å². The number of phenols is 1. The van der Waals surface area contributed by atoms with Crippen LogP contribution in [0, 0.1) is 0 Å². The van der Waals surface area contributed by atoms with E-state index in [4.69, 9.17) is 5.11 Å². The maximum Gasteiger partial charge on any atom is 0.159 e. The highest BCUT2D eigenvalue weighted by atomic mass is 16.3. The smallest absolute Gasteiger partial charge is 0.159 e. The topological polar surface area (TPSA) is 66.2 Å². The number of rotatable bonds is 2. The molecular formula is C11H10N2O2. The molecule has 4 heteroatoms. The van der Waals surface area contributed by atoms with Gasteiger partial charge in [-0.15, -0.1) is 0 Å². The number of phenolic OH excluding ortho intramolecular Hbond substituents is 1. The average Bonchev–Trinajstić information content (AvgIpc) is 2.29. The number of hydrogen-bond acceptors (Lipinski definition) is 4. The zero-order valence-electron chi connectivity index (χ0n) is 7.96. The van der Waals surface area contributed by atoms with Crippen LogP contribution in [0.5, 0.6) is 5.75 Å². The third kappa shape index (κ3) is 2.11. The molecule has 0 unspecified atom stereocenters. The lowest BCUT2D eigenvalue weighted by molar-refractivity contribution is 0.281. The number of benzene rings is 1. The summed E-state index contributed by atoms with van der Waals surface area (Å²) in [6, 6.07) is 6.72. The fourth-order valence-electron chi connectivity index (χ4n) is 1.23. The summed E-state index contributed by atoms with van der Waals surface area (Å²) in [4.78, 5) is 8.16. The van der Waals surface area contributed by atoms with Crippen LogP contribution in [0.3, 0.4) is 0 Å². The quantitative estimate of drug-likeness (QED) is 0.771. The number of aromatic hydroxyl groups is 1. The second-order valence-corrected chi connectivity index (χ2v) is 3.12. The fraction of sp³-hybridized carbons (Fsp3) is 0.0909. The summed E-state index contributed by atoms with van der Waals surface area (Å²) < 4.78 is 0. The molecule has 0 aliphatic rings. The van der Waals surface area contributed by atoms with Gasteiger partial charge in [-0.25, -0.2) is 9.97 Å². The van der Waals surface area contributed by atoms with E-state index < -0.39 is 0 Å². The van der Waals surface area contributed by atoms with Gasteiger partial charge in [0.25, 0.3) is 0 Å². The molecule has 4 nitrogen and oxygen atoms in total. The first kappa shape index (κ1) is 9.61. The lowest BCUT2D eigenvalue weighted by atomic mass is 10.2. The monoisotopic (exact) mass is 202 g/mol. The minimum atomic E-state index is -0.0691. The van der Waals surface area contributed by atoms with E-state index >= 15 is 0 Å². The van der Waals surface area contributed by atoms with Crippen LogP contribution in [-0.2, 0) is 6.61 Å². The second kappa shape index (κ2) is 4.06. The molecule has 0 spiro atoms. The first-order valence-electron chi connectivity index (χ1n) is 4.51. The molecule has 2 N–H and O–H groups in total. The number of aliphatic hydroxyl groups is 1. The Kier molecular flexibility index (Phi) is 2.60. The molecule has 0 aliphatic heterocycles. The molecule has 0 atom stereocenters. The fourth-order valence-corrected chi connectivity index (χ4v) is 1.23. The largest absolute Gasteiger partial charge is 0.508 e. The highest BCUT2D eigenvalue weighted by Gasteiger charge is 2.01. The van der Waals surface area contributed by atoms with E-state index in [-0.39, 0.29) is 12.4 Å². The maximum atomic E-state index is 9.28. The SMILES string of the molecule is OCc1cnc(-c2cccc(O)c2)nc1. The van der Waals surface area contributed by atoms with Crippen molar-refractivity contribution in [3.63, 3.8) is 0 Å². The normalized spacial score (nSPS) is 10.2. The van der Waals surface area contributed by atoms with E-state index in [2.05, 4.69) is 9.97 Å². The standard InChI is InChI=1S/C11H10N2O2/c14-7-8-5-12-11(13-6-8)9-2-1-3-10(15)4-9/h1-6,14-15H,7H2. The van der Waals surface area contributed by atoms with Crippen molar-refractivity contribution in [2.24, 2.45) is 0 Å². The van der Waals surface area contributed by atoms with Gasteiger partial charge >= 0.3 is 0 Å². The Bertz CT molecular complexity index is 454. The molecule has 0 saturated carbocycles. The van der Waals surface area contributed by atoms with Crippen molar-refractivity contribution in [2.45, 2.75) is 6.61 Å². The van der Waals surface area contributed by atoms with Crippen LogP contribution in [0.1, 0.15) is 5.56 Å². The highest BCUT2D eigenvalue weighted by Crippen LogP contribution is 2.19. The zero-order chi connectivity index (χ0) is 10.7. The third-order valence-electron chi connectivity index (χ3n) is 1.99. The second-order valence-electron chi connectivity index (χ2n) is 3.12. The molecule has 76 valence electrons. The van der Waals surface area contributed by atoms with Crippen LogP contribution in [-0.4, -0.2) is 20.2 Å². The molecule has 1 aromatic heterocycles. The van der Waals surface area contributed by atoms with Crippen molar-refractivity contribution in [2.75, 3.05) is 0 Å². The van der Waals surface area contributed by atoms with Crippen molar-refractivity contribution in [1.29, 1.82) is 0 Å². The molecule has 2 rings (SSSR count). The van der Waals surface area contributed by atoms with Gasteiger partial charge < -0.3 is 10.2 Å². The molecule has 1 aromatic carbocycles. The van der Waals surface area contributed by atoms with E-state index in [9.17, 15) is 5.11 Å². The minimum Gasteiger partial charge on any atom is -0.508 e. The number of aliphatic hydroxyl groups excluding tert-OH is 1. The third-order valence-corrected chi connectivity index (χ3v) is 1.99. The van der Waals surface area contributed by atoms with Crippen molar-refractivity contribution in [3.05, 3.63) is 42.2 Å². The molecule has 0 radical (unpaired) electrons. The first-order valence-corrected chi connectivity index (χ1v) is 4.51. The van der Waals surface area contributed by atoms with Crippen LogP contribution < -0.4 is 0 Å². The predicted octanol–water partition coefficient (Wildman–Crippen LogP) is 1.34. The summed E-state index contributed by atoms with van der Waals surface area (Å²) in [5, 5.41) is 18.1. The summed E-state index contributed by atoms with van der Waals surface area (Å²) >= 11 is 0. The van der Waals surface area contributed by atoms with Gasteiger partial charge in [-0.2, -0.15) is 0 Å². The first-order chi connectivity index (χ1) is 7.29. The van der Waals surface area contributed by atoms with Gasteiger partial charge in [0, 0.05) is 23.5 Å². The molecule has 0 bridgehead atoms. The minimum absolute atomic E-state index is 0.0691. The Morgan fingerprint density at radius 1 is 1.13 bits per heavy atom. The highest BCUT2D eigenvalue weighted by molar-refractivity contribution is 5.56. The lowest BCUT2D eigenvalue weighted by Gasteiger charge is -2.01. The van der Waals surface area contributed by atoms with E-state index in [1.807, 2.05) is 6.07 Å². The molecule has 0 fully saturated rings. The Morgan fingerprint density at radius 3 is 2.47 bits per heavy atom. The number of nitrogens with zero attached hydrogens (tertiary/aromatic N) is 2. The van der Waals surface area contributed by atoms with Gasteiger partial charge in [0.15, 0.2) is 5.82 Å². The summed E-state index contributed by atoms with van der Waals surface area (Å²) in [5.41, 5.74) is 1.42. The Hall–Kier alpha value is -1.94. The molecule has 0 amide bonds. The van der Waals surface area contributed by atoms with Crippen LogP contribution in [0.2, 0.25) is 0 Å². The molecule has 0 aliphatic carbocycles. The number of hydrogen-bond donors (Lipinski definition) is 2. The van der Waals surface area contributed by atoms with E-state index in [1.165, 1.54) is 0 Å². The maximum absolute atomic E-state index is 9.28. The van der Waals surface area contributed by atoms with Crippen LogP contribution >= 0.6 is 0 Å². The lowest BCUT2D eigenvalue weighted by Crippen LogP contribution is -1.91. The summed E-state index contributed by atoms with van der Waals surface area (Å²) in [6.45, 7) is -0.0691. The molecule has 0 saturated heterocycles. The Balaban J connectivity index is 2.37. The van der Waals surface area contributed by atoms with Gasteiger partial charge in [0.05, 0.1) is 6.61 Å². The Morgan fingerprint density at radius 2 is 1.87 bits per heavy atom. The summed E-state index contributed by atoms with van der Waals surface area (Å²) in [5.74, 6) is 0.713. The molecule has 15 heavy (non-hydrogen) atoms. The summed E-state index contributed by atoms with van der Waals surface area (Å²) in [7, 11) is 0. The molecular weight excluding hydrogens is 192 g/mol. The van der Waals surface area contributed by atoms with Crippen LogP contribution in [0.4, 0.5) is 0 Å². The summed E-state index contributed by atoms with van der Waals surface area (Å²) in [6.07, 6.45) is 3.12. The van der Waals surface area contributed by atoms with E-state index in [1.54, 1.807) is 30.6 Å². The predicted molar refractivity (Wildman–Crippen MR) is 55.1 cm³/mol. The number of aromatic nitrogens is 2. The zero-order valence-corrected chi connectivity index (χ0v) is 7.96. The average molecular weight is 202 g/mol. The van der Waals surface area contributed by atoms with Crippen molar-refractivity contribution < 1.29 is 10.2 Å². The van der Waals surface area contributed by atoms with Crippen LogP contribution in [0.25, 0.3) is 11.4 Å². The van der Waals surface area contributed by atoms with Crippen molar-refractivity contribution in [1.82, 2.24) is 9.97 Å². The Labute approximate surface area is 86.9 Å². The van der Waals surface area contributed by atoms with Gasteiger partial charge in [-0.05, 0) is 12.1 Å². The molecule has 1 heterocycles. The molecule has 2 aromatic rings. The van der Waals surface area contributed by atoms with Crippen molar-refractivity contribution in [3.8, 4) is 17.1 Å². The van der Waals surface area contributed by atoms with Gasteiger partial charge in [-0.1, -0.05) is 12.1 Å². The van der Waals surface area contributed by atoms with E-state index in [0.29, 0.717) is 11.4 Å². The van der Waals surface area contributed by atoms with E-state index in [0.717, 1.165) is 5.56 Å². The van der Waals surface area contributed by atoms with Gasteiger partial charge in [-0.3, -0.25) is 0 Å². The van der Waals surface area contributed by atoms with Crippen molar-refractivity contribution >= 4 is 0 Å². The van der Waals surface area contributed by atoms with Gasteiger partial charge in [0.1, 0.15) is 5.75 Å². The van der Waals surface area contributed by atoms with Crippen LogP contribution in [0.15, 0.2) is 36.7 Å².